The van der Waals surface area contributed by atoms with Crippen LogP contribution in [0.1, 0.15) is 103 Å². The lowest BCUT2D eigenvalue weighted by Gasteiger charge is -2.03. The first kappa shape index (κ1) is 42.8. The van der Waals surface area contributed by atoms with E-state index in [2.05, 4.69) is 27.7 Å². The average Bonchev–Trinajstić information content (AvgIpc) is 2.16. The lowest BCUT2D eigenvalue weighted by Crippen LogP contribution is -1.99. The van der Waals surface area contributed by atoms with Crippen LogP contribution in [0.4, 0.5) is 0 Å². The molecular formula is C17H46O2. The van der Waals surface area contributed by atoms with Gasteiger partial charge < -0.3 is 5.11 Å². The van der Waals surface area contributed by atoms with Crippen LogP contribution in [0.2, 0.25) is 0 Å². The highest BCUT2D eigenvalue weighted by atomic mass is 16.4. The maximum absolute atomic E-state index is 10.0. The van der Waals surface area contributed by atoms with Gasteiger partial charge in [0.1, 0.15) is 0 Å². The van der Waals surface area contributed by atoms with Crippen molar-refractivity contribution < 1.29 is 9.90 Å². The molecule has 0 rings (SSSR count). The van der Waals surface area contributed by atoms with Gasteiger partial charge >= 0.3 is 5.97 Å². The molecule has 2 nitrogen and oxygen atoms in total. The summed E-state index contributed by atoms with van der Waals surface area (Å²) in [5, 5.41) is 8.26. The molecule has 0 aliphatic heterocycles. The van der Waals surface area contributed by atoms with Crippen LogP contribution in [0, 0.1) is 5.92 Å². The predicted octanol–water partition coefficient (Wildman–Crippen LogP) is 7.27. The summed E-state index contributed by atoms with van der Waals surface area (Å²) >= 11 is 0. The fourth-order valence-electron chi connectivity index (χ4n) is 0.928. The van der Waals surface area contributed by atoms with Crippen LogP contribution in [0.15, 0.2) is 0 Å². The lowest BCUT2D eigenvalue weighted by molar-refractivity contribution is -0.137. The standard InChI is InChI=1S/C7H14O2.C5H12.5CH4/c1-3-6(2)4-5-7(8)9;1-3-5-4-2;;;;;/h6H,3-5H2,1-2H3,(H,8,9);3-5H2,1-2H3;5*1H4. The summed E-state index contributed by atoms with van der Waals surface area (Å²) in [6.45, 7) is 8.57. The van der Waals surface area contributed by atoms with Gasteiger partial charge in [-0.05, 0) is 12.3 Å². The van der Waals surface area contributed by atoms with Crippen LogP contribution in [0.25, 0.3) is 0 Å². The Hall–Kier alpha value is -0.530. The molecule has 126 valence electrons. The minimum Gasteiger partial charge on any atom is -0.481 e. The Balaban J connectivity index is -0.0000000261. The summed E-state index contributed by atoms with van der Waals surface area (Å²) < 4.78 is 0. The van der Waals surface area contributed by atoms with Crippen LogP contribution >= 0.6 is 0 Å². The minimum atomic E-state index is -0.685. The summed E-state index contributed by atoms with van der Waals surface area (Å²) in [6.07, 6.45) is 6.28. The van der Waals surface area contributed by atoms with Crippen molar-refractivity contribution in [3.05, 3.63) is 0 Å². The van der Waals surface area contributed by atoms with Crippen molar-refractivity contribution in [3.63, 3.8) is 0 Å². The van der Waals surface area contributed by atoms with Gasteiger partial charge in [0, 0.05) is 6.42 Å². The van der Waals surface area contributed by atoms with Crippen molar-refractivity contribution in [3.8, 4) is 0 Å². The van der Waals surface area contributed by atoms with Gasteiger partial charge in [0.05, 0.1) is 0 Å². The van der Waals surface area contributed by atoms with E-state index in [4.69, 9.17) is 5.11 Å². The summed E-state index contributed by atoms with van der Waals surface area (Å²) in [5.74, 6) is -0.128. The quantitative estimate of drug-likeness (QED) is 0.556. The molecule has 0 aromatic rings. The highest BCUT2D eigenvalue weighted by Gasteiger charge is 2.01. The molecule has 0 saturated carbocycles. The summed E-state index contributed by atoms with van der Waals surface area (Å²) in [6, 6.07) is 0. The highest BCUT2D eigenvalue weighted by molar-refractivity contribution is 5.66. The van der Waals surface area contributed by atoms with Gasteiger partial charge in [-0.25, -0.2) is 0 Å². The predicted molar refractivity (Wildman–Crippen MR) is 95.2 cm³/mol. The molecular weight excluding hydrogens is 236 g/mol. The van der Waals surface area contributed by atoms with E-state index in [1.807, 2.05) is 0 Å². The van der Waals surface area contributed by atoms with E-state index >= 15 is 0 Å². The van der Waals surface area contributed by atoms with E-state index < -0.39 is 5.97 Å². The van der Waals surface area contributed by atoms with Crippen molar-refractivity contribution in [2.24, 2.45) is 5.92 Å². The summed E-state index contributed by atoms with van der Waals surface area (Å²) in [4.78, 5) is 10.0. The Morgan fingerprint density at radius 1 is 0.947 bits per heavy atom. The van der Waals surface area contributed by atoms with Crippen molar-refractivity contribution >= 4 is 5.97 Å². The second-order valence-corrected chi connectivity index (χ2v) is 3.80. The fraction of sp³-hybridized carbons (Fsp3) is 0.941. The van der Waals surface area contributed by atoms with Crippen LogP contribution in [-0.4, -0.2) is 11.1 Å². The molecule has 0 aromatic heterocycles. The second kappa shape index (κ2) is 36.0. The average molecular weight is 283 g/mol. The van der Waals surface area contributed by atoms with Gasteiger partial charge in [-0.2, -0.15) is 0 Å². The Labute approximate surface area is 126 Å². The maximum atomic E-state index is 10.0. The van der Waals surface area contributed by atoms with E-state index in [9.17, 15) is 4.79 Å². The second-order valence-electron chi connectivity index (χ2n) is 3.80. The molecule has 0 bridgehead atoms. The Morgan fingerprint density at radius 3 is 1.47 bits per heavy atom. The molecule has 0 heterocycles. The van der Waals surface area contributed by atoms with E-state index in [1.165, 1.54) is 19.3 Å². The smallest absolute Gasteiger partial charge is 0.303 e. The van der Waals surface area contributed by atoms with Crippen molar-refractivity contribution in [1.82, 2.24) is 0 Å². The first-order valence-corrected chi connectivity index (χ1v) is 5.80. The van der Waals surface area contributed by atoms with E-state index in [0.29, 0.717) is 12.3 Å². The van der Waals surface area contributed by atoms with E-state index in [0.717, 1.165) is 12.8 Å². The van der Waals surface area contributed by atoms with E-state index in [-0.39, 0.29) is 37.1 Å². The Bertz CT molecular complexity index is 120. The molecule has 0 radical (unpaired) electrons. The zero-order valence-corrected chi connectivity index (χ0v) is 10.2. The van der Waals surface area contributed by atoms with Gasteiger partial charge in [0.15, 0.2) is 0 Å². The first-order valence-electron chi connectivity index (χ1n) is 5.80. The SMILES string of the molecule is C.C.C.C.C.CCC(C)CCC(=O)O.CCCCC. The topological polar surface area (TPSA) is 37.3 Å². The molecule has 0 fully saturated rings. The first-order chi connectivity index (χ1) is 6.58. The number of hydrogen-bond donors (Lipinski definition) is 1. The molecule has 0 aliphatic carbocycles. The molecule has 1 atom stereocenters. The zero-order chi connectivity index (χ0) is 11.4. The van der Waals surface area contributed by atoms with Gasteiger partial charge in [-0.3, -0.25) is 4.79 Å². The summed E-state index contributed by atoms with van der Waals surface area (Å²) in [5.41, 5.74) is 0. The van der Waals surface area contributed by atoms with E-state index in [1.54, 1.807) is 0 Å². The third-order valence-corrected chi connectivity index (χ3v) is 2.26. The molecule has 0 saturated heterocycles. The molecule has 0 aliphatic rings. The molecule has 0 aromatic carbocycles. The third-order valence-electron chi connectivity index (χ3n) is 2.26. The molecule has 0 amide bonds. The molecule has 0 spiro atoms. The fourth-order valence-corrected chi connectivity index (χ4v) is 0.928. The van der Waals surface area contributed by atoms with Crippen LogP contribution < -0.4 is 0 Å². The number of rotatable bonds is 6. The van der Waals surface area contributed by atoms with Gasteiger partial charge in [0.25, 0.3) is 0 Å². The maximum Gasteiger partial charge on any atom is 0.303 e. The molecule has 1 N–H and O–H groups in total. The Kier molecular flexibility index (Phi) is 81.2. The lowest BCUT2D eigenvalue weighted by atomic mass is 10.0. The minimum absolute atomic E-state index is 0. The van der Waals surface area contributed by atoms with Crippen LogP contribution in [0.3, 0.4) is 0 Å². The normalized spacial score (nSPS) is 8.42. The van der Waals surface area contributed by atoms with Gasteiger partial charge in [-0.15, -0.1) is 0 Å². The number of unbranched alkanes of at least 4 members (excludes halogenated alkanes) is 2. The Morgan fingerprint density at radius 2 is 1.32 bits per heavy atom. The summed E-state index contributed by atoms with van der Waals surface area (Å²) in [7, 11) is 0. The van der Waals surface area contributed by atoms with Crippen LogP contribution in [0.5, 0.6) is 0 Å². The number of carbonyl (C=O) groups is 1. The third kappa shape index (κ3) is 58.3. The zero-order valence-electron chi connectivity index (χ0n) is 10.2. The molecule has 1 unspecified atom stereocenters. The highest BCUT2D eigenvalue weighted by Crippen LogP contribution is 2.08. The number of carboxylic acid groups (broad SMARTS) is 1. The number of aliphatic carboxylic acids is 1. The van der Waals surface area contributed by atoms with Gasteiger partial charge in [0.2, 0.25) is 0 Å². The molecule has 2 heteroatoms. The number of hydrogen-bond acceptors (Lipinski definition) is 1. The molecule has 19 heavy (non-hydrogen) atoms. The van der Waals surface area contributed by atoms with Crippen molar-refractivity contribution in [1.29, 1.82) is 0 Å². The largest absolute Gasteiger partial charge is 0.481 e. The monoisotopic (exact) mass is 282 g/mol. The van der Waals surface area contributed by atoms with Gasteiger partial charge in [-0.1, -0.05) is 90.5 Å². The number of carboxylic acids is 1. The van der Waals surface area contributed by atoms with Crippen molar-refractivity contribution in [2.75, 3.05) is 0 Å². The van der Waals surface area contributed by atoms with Crippen LogP contribution in [-0.2, 0) is 4.79 Å². The van der Waals surface area contributed by atoms with Crippen molar-refractivity contribution in [2.45, 2.75) is 103 Å².